The number of hydrogen-bond acceptors (Lipinski definition) is 2. The first-order valence-corrected chi connectivity index (χ1v) is 8.42. The highest BCUT2D eigenvalue weighted by atomic mass is 127. The molecule has 0 spiro atoms. The monoisotopic (exact) mass is 452 g/mol. The molecule has 3 N–H and O–H groups in total. The Labute approximate surface area is 168 Å². The molecule has 0 aliphatic rings. The fraction of sp³-hybridized carbons (Fsp3) is 0.350. The van der Waals surface area contributed by atoms with Crippen LogP contribution in [0.1, 0.15) is 24.5 Å². The maximum absolute atomic E-state index is 5.95. The number of nitrogens with zero attached hydrogens (tertiary/aromatic N) is 2. The third-order valence-electron chi connectivity index (χ3n) is 4.18. The van der Waals surface area contributed by atoms with Crippen LogP contribution in [-0.2, 0) is 6.54 Å². The first-order valence-electron chi connectivity index (χ1n) is 8.42. The smallest absolute Gasteiger partial charge is 0.193 e. The average Bonchev–Trinajstić information content (AvgIpc) is 2.57. The summed E-state index contributed by atoms with van der Waals surface area (Å²) in [4.78, 5) is 6.77. The van der Waals surface area contributed by atoms with Gasteiger partial charge in [0.25, 0.3) is 0 Å². The number of anilines is 1. The summed E-state index contributed by atoms with van der Waals surface area (Å²) in [6, 6.07) is 19.1. The summed E-state index contributed by atoms with van der Waals surface area (Å²) in [5.74, 6) is 0.469. The van der Waals surface area contributed by atoms with E-state index >= 15 is 0 Å². The van der Waals surface area contributed by atoms with Gasteiger partial charge in [0.15, 0.2) is 5.96 Å². The minimum absolute atomic E-state index is 0. The highest BCUT2D eigenvalue weighted by Crippen LogP contribution is 2.09. The molecule has 0 aliphatic carbocycles. The van der Waals surface area contributed by atoms with Gasteiger partial charge < -0.3 is 11.1 Å². The molecular weight excluding hydrogens is 423 g/mol. The Kier molecular flexibility index (Phi) is 9.52. The van der Waals surface area contributed by atoms with E-state index in [1.54, 1.807) is 0 Å². The van der Waals surface area contributed by atoms with Gasteiger partial charge in [0.1, 0.15) is 0 Å². The number of hydrogen-bond donors (Lipinski definition) is 2. The van der Waals surface area contributed by atoms with E-state index in [4.69, 9.17) is 5.73 Å². The molecule has 25 heavy (non-hydrogen) atoms. The zero-order valence-electron chi connectivity index (χ0n) is 15.3. The van der Waals surface area contributed by atoms with Crippen LogP contribution >= 0.6 is 24.0 Å². The summed E-state index contributed by atoms with van der Waals surface area (Å²) < 4.78 is 0. The number of nitrogens with one attached hydrogen (secondary N) is 1. The molecule has 0 aliphatic heterocycles. The van der Waals surface area contributed by atoms with E-state index in [1.165, 1.54) is 11.1 Å². The molecule has 136 valence electrons. The predicted octanol–water partition coefficient (Wildman–Crippen LogP) is 4.25. The lowest BCUT2D eigenvalue weighted by molar-refractivity contribution is 0.240. The molecular formula is C20H29IN4. The second-order valence-electron chi connectivity index (χ2n) is 6.30. The Morgan fingerprint density at radius 1 is 1.12 bits per heavy atom. The van der Waals surface area contributed by atoms with Gasteiger partial charge in [-0.3, -0.25) is 9.89 Å². The molecule has 1 unspecified atom stereocenters. The average molecular weight is 452 g/mol. The molecule has 0 saturated heterocycles. The van der Waals surface area contributed by atoms with Gasteiger partial charge in [0, 0.05) is 24.8 Å². The van der Waals surface area contributed by atoms with Gasteiger partial charge >= 0.3 is 0 Å². The van der Waals surface area contributed by atoms with Crippen LogP contribution in [0.2, 0.25) is 0 Å². The molecule has 2 aromatic rings. The lowest BCUT2D eigenvalue weighted by Crippen LogP contribution is -2.30. The zero-order valence-corrected chi connectivity index (χ0v) is 17.6. The molecule has 2 aromatic carbocycles. The lowest BCUT2D eigenvalue weighted by atomic mass is 10.1. The molecule has 0 radical (unpaired) electrons. The minimum Gasteiger partial charge on any atom is -0.370 e. The predicted molar refractivity (Wildman–Crippen MR) is 119 cm³/mol. The normalized spacial score (nSPS) is 12.6. The maximum atomic E-state index is 5.95. The fourth-order valence-electron chi connectivity index (χ4n) is 2.44. The van der Waals surface area contributed by atoms with Crippen molar-refractivity contribution in [2.75, 3.05) is 18.9 Å². The second-order valence-corrected chi connectivity index (χ2v) is 6.30. The topological polar surface area (TPSA) is 53.6 Å². The number of guanidine groups is 1. The van der Waals surface area contributed by atoms with Gasteiger partial charge in [-0.25, -0.2) is 0 Å². The van der Waals surface area contributed by atoms with Crippen LogP contribution in [0.3, 0.4) is 0 Å². The third kappa shape index (κ3) is 7.88. The molecule has 0 heterocycles. The Bertz CT molecular complexity index is 641. The maximum Gasteiger partial charge on any atom is 0.193 e. The van der Waals surface area contributed by atoms with Gasteiger partial charge in [0.2, 0.25) is 0 Å². The summed E-state index contributed by atoms with van der Waals surface area (Å²) in [5.41, 5.74) is 9.48. The van der Waals surface area contributed by atoms with Crippen LogP contribution < -0.4 is 11.1 Å². The van der Waals surface area contributed by atoms with Crippen molar-refractivity contribution in [3.05, 3.63) is 65.7 Å². The van der Waals surface area contributed by atoms with E-state index in [1.807, 2.05) is 18.2 Å². The Balaban J connectivity index is 0.00000312. The molecule has 0 fully saturated rings. The van der Waals surface area contributed by atoms with Gasteiger partial charge in [0.05, 0.1) is 0 Å². The van der Waals surface area contributed by atoms with Crippen molar-refractivity contribution in [1.29, 1.82) is 0 Å². The highest BCUT2D eigenvalue weighted by molar-refractivity contribution is 14.0. The van der Waals surface area contributed by atoms with E-state index in [0.29, 0.717) is 18.5 Å². The summed E-state index contributed by atoms with van der Waals surface area (Å²) >= 11 is 0. The largest absolute Gasteiger partial charge is 0.370 e. The van der Waals surface area contributed by atoms with E-state index in [9.17, 15) is 0 Å². The number of benzene rings is 2. The number of rotatable bonds is 7. The fourth-order valence-corrected chi connectivity index (χ4v) is 2.44. The lowest BCUT2D eigenvalue weighted by Gasteiger charge is -2.24. The van der Waals surface area contributed by atoms with E-state index in [-0.39, 0.29) is 24.0 Å². The first-order chi connectivity index (χ1) is 11.5. The van der Waals surface area contributed by atoms with E-state index in [2.05, 4.69) is 72.5 Å². The number of nitrogens with two attached hydrogens (primary N) is 1. The van der Waals surface area contributed by atoms with Crippen molar-refractivity contribution in [1.82, 2.24) is 4.90 Å². The molecule has 2 rings (SSSR count). The number of aryl methyl sites for hydroxylation is 1. The molecule has 0 saturated carbocycles. The van der Waals surface area contributed by atoms with Gasteiger partial charge in [-0.2, -0.15) is 0 Å². The van der Waals surface area contributed by atoms with Crippen molar-refractivity contribution >= 4 is 35.6 Å². The van der Waals surface area contributed by atoms with Gasteiger partial charge in [-0.15, -0.1) is 24.0 Å². The van der Waals surface area contributed by atoms with Crippen LogP contribution in [0, 0.1) is 6.92 Å². The van der Waals surface area contributed by atoms with Crippen molar-refractivity contribution in [3.8, 4) is 0 Å². The zero-order chi connectivity index (χ0) is 17.4. The molecule has 4 nitrogen and oxygen atoms in total. The summed E-state index contributed by atoms with van der Waals surface area (Å²) in [6.07, 6.45) is 0.972. The standard InChI is InChI=1S/C20H28N4.HI/c1-16-9-11-19(12-10-16)23-20(21)22-14-13-17(2)24(3)15-18-7-5-4-6-8-18;/h4-12,17H,13-15H2,1-3H3,(H3,21,22,23);1H. The highest BCUT2D eigenvalue weighted by Gasteiger charge is 2.09. The van der Waals surface area contributed by atoms with Crippen molar-refractivity contribution in [2.24, 2.45) is 10.7 Å². The summed E-state index contributed by atoms with van der Waals surface area (Å²) in [6.45, 7) is 5.95. The Hall–Kier alpha value is -1.60. The summed E-state index contributed by atoms with van der Waals surface area (Å²) in [7, 11) is 2.15. The first kappa shape index (κ1) is 21.4. The molecule has 5 heteroatoms. The molecule has 0 amide bonds. The molecule has 1 atom stereocenters. The van der Waals surface area contributed by atoms with E-state index in [0.717, 1.165) is 18.7 Å². The second kappa shape index (κ2) is 11.1. The van der Waals surface area contributed by atoms with Crippen LogP contribution in [-0.4, -0.2) is 30.5 Å². The number of halogens is 1. The van der Waals surface area contributed by atoms with Crippen molar-refractivity contribution in [3.63, 3.8) is 0 Å². The third-order valence-corrected chi connectivity index (χ3v) is 4.18. The van der Waals surface area contributed by atoms with Crippen molar-refractivity contribution in [2.45, 2.75) is 32.9 Å². The van der Waals surface area contributed by atoms with Crippen LogP contribution in [0.4, 0.5) is 5.69 Å². The molecule has 0 aromatic heterocycles. The summed E-state index contributed by atoms with van der Waals surface area (Å²) in [5, 5.41) is 3.13. The van der Waals surface area contributed by atoms with Crippen LogP contribution in [0.25, 0.3) is 0 Å². The molecule has 0 bridgehead atoms. The van der Waals surface area contributed by atoms with Crippen LogP contribution in [0.15, 0.2) is 59.6 Å². The minimum atomic E-state index is 0. The number of aliphatic imine (C=N–C) groups is 1. The Morgan fingerprint density at radius 3 is 2.40 bits per heavy atom. The van der Waals surface area contributed by atoms with Crippen LogP contribution in [0.5, 0.6) is 0 Å². The van der Waals surface area contributed by atoms with E-state index < -0.39 is 0 Å². The van der Waals surface area contributed by atoms with Crippen molar-refractivity contribution < 1.29 is 0 Å². The SMILES string of the molecule is Cc1ccc(NC(N)=NCCC(C)N(C)Cc2ccccc2)cc1.I. The van der Waals surface area contributed by atoms with Gasteiger partial charge in [-0.05, 0) is 45.0 Å². The quantitative estimate of drug-likeness (QED) is 0.375. The Morgan fingerprint density at radius 2 is 1.76 bits per heavy atom. The van der Waals surface area contributed by atoms with Gasteiger partial charge in [-0.1, -0.05) is 48.0 Å².